The minimum atomic E-state index is 0.0875. The molecule has 1 atom stereocenters. The Morgan fingerprint density at radius 2 is 2.00 bits per heavy atom. The number of halogens is 1. The normalized spacial score (nSPS) is 14.3. The van der Waals surface area contributed by atoms with Crippen molar-refractivity contribution in [3.8, 4) is 5.88 Å². The predicted octanol–water partition coefficient (Wildman–Crippen LogP) is 4.50. The first-order valence-electron chi connectivity index (χ1n) is 6.64. The van der Waals surface area contributed by atoms with E-state index in [-0.39, 0.29) is 5.41 Å². The second-order valence-corrected chi connectivity index (χ2v) is 5.71. The Morgan fingerprint density at radius 3 is 2.56 bits per heavy atom. The van der Waals surface area contributed by atoms with E-state index in [1.54, 1.807) is 13.4 Å². The highest BCUT2D eigenvalue weighted by Gasteiger charge is 2.29. The van der Waals surface area contributed by atoms with Gasteiger partial charge in [0.25, 0.3) is 0 Å². The lowest BCUT2D eigenvalue weighted by Gasteiger charge is -2.28. The molecule has 0 amide bonds. The minimum Gasteiger partial charge on any atom is -0.480 e. The van der Waals surface area contributed by atoms with E-state index >= 15 is 0 Å². The van der Waals surface area contributed by atoms with Gasteiger partial charge in [0.15, 0.2) is 0 Å². The molecule has 0 radical (unpaired) electrons. The molecule has 0 spiro atoms. The molecule has 1 unspecified atom stereocenters. The summed E-state index contributed by atoms with van der Waals surface area (Å²) in [6.07, 6.45) is 7.56. The van der Waals surface area contributed by atoms with Gasteiger partial charge in [0.2, 0.25) is 5.88 Å². The predicted molar refractivity (Wildman–Crippen MR) is 78.1 cm³/mol. The number of nitrogens with zero attached hydrogens (tertiary/aromatic N) is 2. The first-order valence-corrected chi connectivity index (χ1v) is 7.43. The van der Waals surface area contributed by atoms with Crippen molar-refractivity contribution in [3.63, 3.8) is 0 Å². The van der Waals surface area contributed by atoms with E-state index in [0.717, 1.165) is 23.0 Å². The lowest BCUT2D eigenvalue weighted by molar-refractivity contribution is 0.366. The monoisotopic (exact) mass is 314 g/mol. The summed E-state index contributed by atoms with van der Waals surface area (Å²) in [5.74, 6) is 0.621. The van der Waals surface area contributed by atoms with Gasteiger partial charge in [0, 0.05) is 5.41 Å². The summed E-state index contributed by atoms with van der Waals surface area (Å²) in [5.41, 5.74) is 1.15. The van der Waals surface area contributed by atoms with Crippen LogP contribution in [0.2, 0.25) is 0 Å². The van der Waals surface area contributed by atoms with Crippen LogP contribution in [-0.2, 0) is 5.41 Å². The number of aromatic nitrogens is 2. The van der Waals surface area contributed by atoms with Gasteiger partial charge in [0.05, 0.1) is 12.8 Å². The van der Waals surface area contributed by atoms with Crippen molar-refractivity contribution in [3.05, 3.63) is 16.5 Å². The Labute approximate surface area is 119 Å². The van der Waals surface area contributed by atoms with E-state index in [1.165, 1.54) is 19.3 Å². The Kier molecular flexibility index (Phi) is 6.06. The fraction of sp³-hybridized carbons (Fsp3) is 0.714. The molecule has 0 fully saturated rings. The van der Waals surface area contributed by atoms with Crippen LogP contribution >= 0.6 is 15.9 Å². The molecule has 4 heteroatoms. The third-order valence-electron chi connectivity index (χ3n) is 3.63. The van der Waals surface area contributed by atoms with Gasteiger partial charge in [-0.2, -0.15) is 0 Å². The fourth-order valence-corrected chi connectivity index (χ4v) is 2.99. The van der Waals surface area contributed by atoms with Gasteiger partial charge in [-0.1, -0.05) is 40.0 Å². The summed E-state index contributed by atoms with van der Waals surface area (Å²) in [6, 6.07) is 0. The van der Waals surface area contributed by atoms with E-state index in [4.69, 9.17) is 4.74 Å². The molecule has 1 rings (SSSR count). The van der Waals surface area contributed by atoms with E-state index in [1.807, 2.05) is 0 Å². The van der Waals surface area contributed by atoms with E-state index in [2.05, 4.69) is 46.7 Å². The number of rotatable bonds is 7. The molecular weight excluding hydrogens is 292 g/mol. The third-order valence-corrected chi connectivity index (χ3v) is 4.35. The summed E-state index contributed by atoms with van der Waals surface area (Å²) in [5, 5.41) is 0. The van der Waals surface area contributed by atoms with Crippen LogP contribution in [0, 0.1) is 0 Å². The SMILES string of the molecule is CCCCCC(C)(CC)c1ncnc(OC)c1Br. The molecule has 1 aromatic rings. The van der Waals surface area contributed by atoms with Crippen molar-refractivity contribution in [2.24, 2.45) is 0 Å². The first kappa shape index (κ1) is 15.4. The zero-order chi connectivity index (χ0) is 13.6. The Morgan fingerprint density at radius 1 is 1.28 bits per heavy atom. The maximum Gasteiger partial charge on any atom is 0.231 e. The minimum absolute atomic E-state index is 0.0875. The van der Waals surface area contributed by atoms with Gasteiger partial charge in [-0.25, -0.2) is 9.97 Å². The first-order chi connectivity index (χ1) is 8.59. The summed E-state index contributed by atoms with van der Waals surface area (Å²) < 4.78 is 6.15. The molecule has 0 aliphatic heterocycles. The van der Waals surface area contributed by atoms with Gasteiger partial charge in [-0.05, 0) is 28.8 Å². The number of methoxy groups -OCH3 is 1. The fourth-order valence-electron chi connectivity index (χ4n) is 2.14. The molecule has 18 heavy (non-hydrogen) atoms. The number of hydrogen-bond donors (Lipinski definition) is 0. The van der Waals surface area contributed by atoms with Gasteiger partial charge in [-0.3, -0.25) is 0 Å². The highest BCUT2D eigenvalue weighted by molar-refractivity contribution is 9.10. The molecule has 3 nitrogen and oxygen atoms in total. The summed E-state index contributed by atoms with van der Waals surface area (Å²) in [6.45, 7) is 6.72. The zero-order valence-corrected chi connectivity index (χ0v) is 13.4. The van der Waals surface area contributed by atoms with E-state index in [0.29, 0.717) is 5.88 Å². The van der Waals surface area contributed by atoms with Crippen molar-refractivity contribution in [2.75, 3.05) is 7.11 Å². The molecule has 1 heterocycles. The topological polar surface area (TPSA) is 35.0 Å². The largest absolute Gasteiger partial charge is 0.480 e. The Bertz CT molecular complexity index is 384. The van der Waals surface area contributed by atoms with Gasteiger partial charge in [-0.15, -0.1) is 0 Å². The Hall–Kier alpha value is -0.640. The van der Waals surface area contributed by atoms with Crippen molar-refractivity contribution in [2.45, 2.75) is 58.3 Å². The van der Waals surface area contributed by atoms with Crippen LogP contribution in [0.15, 0.2) is 10.8 Å². The molecular formula is C14H23BrN2O. The molecule has 102 valence electrons. The zero-order valence-electron chi connectivity index (χ0n) is 11.8. The smallest absolute Gasteiger partial charge is 0.231 e. The van der Waals surface area contributed by atoms with Gasteiger partial charge >= 0.3 is 0 Å². The van der Waals surface area contributed by atoms with Gasteiger partial charge in [0.1, 0.15) is 10.8 Å². The van der Waals surface area contributed by atoms with Crippen LogP contribution in [0.3, 0.4) is 0 Å². The van der Waals surface area contributed by atoms with Gasteiger partial charge < -0.3 is 4.74 Å². The molecule has 0 aliphatic carbocycles. The molecule has 0 aliphatic rings. The standard InChI is InChI=1S/C14H23BrN2O/c1-5-7-8-9-14(3,6-2)12-11(15)13(18-4)17-10-16-12/h10H,5-9H2,1-4H3. The van der Waals surface area contributed by atoms with E-state index in [9.17, 15) is 0 Å². The second-order valence-electron chi connectivity index (χ2n) is 4.92. The molecule has 0 saturated carbocycles. The highest BCUT2D eigenvalue weighted by atomic mass is 79.9. The van der Waals surface area contributed by atoms with Crippen molar-refractivity contribution in [1.82, 2.24) is 9.97 Å². The van der Waals surface area contributed by atoms with Crippen LogP contribution in [0.4, 0.5) is 0 Å². The molecule has 0 N–H and O–H groups in total. The van der Waals surface area contributed by atoms with Crippen molar-refractivity contribution in [1.29, 1.82) is 0 Å². The van der Waals surface area contributed by atoms with Crippen molar-refractivity contribution < 1.29 is 4.74 Å². The van der Waals surface area contributed by atoms with Crippen LogP contribution in [0.5, 0.6) is 5.88 Å². The summed E-state index contributed by atoms with van der Waals surface area (Å²) in [7, 11) is 1.64. The molecule has 0 bridgehead atoms. The van der Waals surface area contributed by atoms with Crippen LogP contribution in [0.25, 0.3) is 0 Å². The summed E-state index contributed by atoms with van der Waals surface area (Å²) >= 11 is 3.58. The molecule has 0 saturated heterocycles. The van der Waals surface area contributed by atoms with Crippen LogP contribution in [0.1, 0.15) is 58.6 Å². The lowest BCUT2D eigenvalue weighted by atomic mass is 9.79. The maximum absolute atomic E-state index is 5.25. The maximum atomic E-state index is 5.25. The second kappa shape index (κ2) is 7.07. The lowest BCUT2D eigenvalue weighted by Crippen LogP contribution is -2.23. The average molecular weight is 315 g/mol. The average Bonchev–Trinajstić information content (AvgIpc) is 2.39. The van der Waals surface area contributed by atoms with Crippen LogP contribution in [-0.4, -0.2) is 17.1 Å². The number of unbranched alkanes of at least 4 members (excludes halogenated alkanes) is 2. The van der Waals surface area contributed by atoms with E-state index < -0.39 is 0 Å². The van der Waals surface area contributed by atoms with Crippen molar-refractivity contribution >= 4 is 15.9 Å². The highest BCUT2D eigenvalue weighted by Crippen LogP contribution is 2.38. The molecule has 0 aromatic carbocycles. The van der Waals surface area contributed by atoms with Crippen LogP contribution < -0.4 is 4.74 Å². The quantitative estimate of drug-likeness (QED) is 0.695. The number of ether oxygens (including phenoxy) is 1. The summed E-state index contributed by atoms with van der Waals surface area (Å²) in [4.78, 5) is 8.59. The molecule has 1 aromatic heterocycles. The Balaban J connectivity index is 3.00. The third kappa shape index (κ3) is 3.44. The number of hydrogen-bond acceptors (Lipinski definition) is 3.